The first-order valence-electron chi connectivity index (χ1n) is 11.7. The average Bonchev–Trinajstić information content (AvgIpc) is 3.38. The molecule has 1 aliphatic heterocycles. The Labute approximate surface area is 245 Å². The van der Waals surface area contributed by atoms with E-state index in [1.54, 1.807) is 42.4 Å². The molecule has 0 unspecified atom stereocenters. The van der Waals surface area contributed by atoms with Crippen LogP contribution < -0.4 is 5.32 Å². The lowest BCUT2D eigenvalue weighted by molar-refractivity contribution is 0.102. The van der Waals surface area contributed by atoms with E-state index in [0.29, 0.717) is 21.4 Å². The Morgan fingerprint density at radius 3 is 2.54 bits per heavy atom. The Bertz CT molecular complexity index is 1510. The van der Waals surface area contributed by atoms with Crippen LogP contribution in [0.5, 0.6) is 0 Å². The number of rotatable bonds is 5. The van der Waals surface area contributed by atoms with Crippen molar-refractivity contribution in [1.82, 2.24) is 14.9 Å². The lowest BCUT2D eigenvalue weighted by atomic mass is 10.0. The predicted octanol–water partition coefficient (Wildman–Crippen LogP) is 7.43. The van der Waals surface area contributed by atoms with Gasteiger partial charge in [0.25, 0.3) is 5.91 Å². The van der Waals surface area contributed by atoms with Gasteiger partial charge < -0.3 is 10.2 Å². The van der Waals surface area contributed by atoms with E-state index in [1.165, 1.54) is 0 Å². The number of carbonyl (C=O) groups excluding carboxylic acids is 1. The summed E-state index contributed by atoms with van der Waals surface area (Å²) >= 11 is 19.2. The van der Waals surface area contributed by atoms with Crippen molar-refractivity contribution in [3.8, 4) is 17.3 Å². The van der Waals surface area contributed by atoms with E-state index in [-0.39, 0.29) is 11.1 Å². The maximum Gasteiger partial charge on any atom is 0.258 e. The molecule has 1 amide bonds. The van der Waals surface area contributed by atoms with Crippen LogP contribution in [0.25, 0.3) is 11.1 Å². The fourth-order valence-corrected chi connectivity index (χ4v) is 5.05. The molecule has 0 atom stereocenters. The summed E-state index contributed by atoms with van der Waals surface area (Å²) in [6.45, 7) is 1.63. The number of amidine groups is 1. The molecule has 11 heteroatoms. The van der Waals surface area contributed by atoms with Crippen LogP contribution in [0.15, 0.2) is 90.2 Å². The van der Waals surface area contributed by atoms with Crippen molar-refractivity contribution in [3.63, 3.8) is 0 Å². The Morgan fingerprint density at radius 1 is 1.03 bits per heavy atom. The maximum absolute atomic E-state index is 12.4. The van der Waals surface area contributed by atoms with Crippen LogP contribution in [0.2, 0.25) is 15.3 Å². The highest BCUT2D eigenvalue weighted by molar-refractivity contribution is 8.14. The Balaban J connectivity index is 0.000000193. The number of amides is 1. The van der Waals surface area contributed by atoms with Crippen molar-refractivity contribution < 1.29 is 4.79 Å². The molecule has 0 aliphatic carbocycles. The molecule has 2 aromatic heterocycles. The standard InChI is InChI=1S/C18H12Cl2N2O.C10H9ClN4S/c19-13-9-7-12(8-10-13)14-4-1-2-6-16(14)22-18(23)15-5-3-11-21-17(15)20;11-9-2-1-8(5-13-9)6-15-3-4-16-10(15)14-7-12/h1-11H,(H,22,23);1-2,5H,3-4,6H2/b;14-10-. The summed E-state index contributed by atoms with van der Waals surface area (Å²) in [4.78, 5) is 26.2. The number of nitrogens with one attached hydrogen (secondary N) is 1. The highest BCUT2D eigenvalue weighted by atomic mass is 35.5. The normalized spacial score (nSPS) is 13.4. The third kappa shape index (κ3) is 7.94. The number of halogens is 3. The van der Waals surface area contributed by atoms with Gasteiger partial charge in [0.1, 0.15) is 10.3 Å². The number of hydrogen-bond acceptors (Lipinski definition) is 6. The lowest BCUT2D eigenvalue weighted by Gasteiger charge is -2.16. The second-order valence-corrected chi connectivity index (χ2v) is 10.3. The van der Waals surface area contributed by atoms with Gasteiger partial charge in [-0.2, -0.15) is 5.26 Å². The summed E-state index contributed by atoms with van der Waals surface area (Å²) in [6, 6.07) is 22.0. The van der Waals surface area contributed by atoms with Gasteiger partial charge in [-0.3, -0.25) is 4.79 Å². The van der Waals surface area contributed by atoms with Gasteiger partial charge in [0.05, 0.1) is 5.56 Å². The minimum atomic E-state index is -0.301. The van der Waals surface area contributed by atoms with Gasteiger partial charge in [0.15, 0.2) is 5.17 Å². The van der Waals surface area contributed by atoms with Crippen LogP contribution in [0.3, 0.4) is 0 Å². The summed E-state index contributed by atoms with van der Waals surface area (Å²) in [6.07, 6.45) is 5.11. The van der Waals surface area contributed by atoms with Gasteiger partial charge in [-0.15, -0.1) is 4.99 Å². The Kier molecular flexibility index (Phi) is 10.2. The smallest absolute Gasteiger partial charge is 0.258 e. The molecule has 7 nitrogen and oxygen atoms in total. The summed E-state index contributed by atoms with van der Waals surface area (Å²) in [5.41, 5.74) is 3.96. The predicted molar refractivity (Wildman–Crippen MR) is 159 cm³/mol. The minimum Gasteiger partial charge on any atom is -0.345 e. The van der Waals surface area contributed by atoms with Crippen molar-refractivity contribution >= 4 is 63.3 Å². The van der Waals surface area contributed by atoms with E-state index in [1.807, 2.05) is 60.8 Å². The summed E-state index contributed by atoms with van der Waals surface area (Å²) < 4.78 is 0. The molecule has 196 valence electrons. The number of anilines is 1. The quantitative estimate of drug-likeness (QED) is 0.190. The zero-order valence-corrected chi connectivity index (χ0v) is 23.5. The molecule has 0 bridgehead atoms. The van der Waals surface area contributed by atoms with Crippen molar-refractivity contribution in [2.45, 2.75) is 6.54 Å². The second-order valence-electron chi connectivity index (χ2n) is 8.10. The van der Waals surface area contributed by atoms with Crippen LogP contribution >= 0.6 is 46.6 Å². The largest absolute Gasteiger partial charge is 0.345 e. The third-order valence-electron chi connectivity index (χ3n) is 5.50. The number of para-hydroxylation sites is 1. The average molecular weight is 596 g/mol. The van der Waals surface area contributed by atoms with Crippen molar-refractivity contribution in [3.05, 3.63) is 112 Å². The zero-order valence-electron chi connectivity index (χ0n) is 20.4. The molecule has 1 N–H and O–H groups in total. The fourth-order valence-electron chi connectivity index (χ4n) is 3.67. The third-order valence-corrected chi connectivity index (χ3v) is 7.28. The van der Waals surface area contributed by atoms with Gasteiger partial charge in [-0.05, 0) is 47.5 Å². The number of pyridine rings is 2. The molecule has 1 fully saturated rings. The number of carbonyl (C=O) groups is 1. The van der Waals surface area contributed by atoms with E-state index in [0.717, 1.165) is 40.7 Å². The first-order valence-corrected chi connectivity index (χ1v) is 13.8. The number of benzene rings is 2. The van der Waals surface area contributed by atoms with E-state index in [4.69, 9.17) is 40.1 Å². The first-order chi connectivity index (χ1) is 18.9. The van der Waals surface area contributed by atoms with Crippen molar-refractivity contribution in [1.29, 1.82) is 5.26 Å². The van der Waals surface area contributed by atoms with Gasteiger partial charge in [-0.25, -0.2) is 9.97 Å². The van der Waals surface area contributed by atoms with Gasteiger partial charge in [0.2, 0.25) is 6.19 Å². The van der Waals surface area contributed by atoms with Gasteiger partial charge in [-0.1, -0.05) is 83.0 Å². The molecule has 0 radical (unpaired) electrons. The molecule has 39 heavy (non-hydrogen) atoms. The summed E-state index contributed by atoms with van der Waals surface area (Å²) in [5.74, 6) is 0.672. The molecule has 3 heterocycles. The van der Waals surface area contributed by atoms with E-state index >= 15 is 0 Å². The van der Waals surface area contributed by atoms with Gasteiger partial charge >= 0.3 is 0 Å². The molecular formula is C28H21Cl3N6OS. The SMILES string of the molecule is N#C/N=C1\SCCN1Cc1ccc(Cl)nc1.O=C(Nc1ccccc1-c1ccc(Cl)cc1)c1cccnc1Cl. The number of aromatic nitrogens is 2. The number of aliphatic imine (C=N–C) groups is 1. The van der Waals surface area contributed by atoms with Crippen LogP contribution in [-0.4, -0.2) is 38.2 Å². The fraction of sp³-hybridized carbons (Fsp3) is 0.107. The first kappa shape index (κ1) is 28.4. The highest BCUT2D eigenvalue weighted by Crippen LogP contribution is 2.29. The zero-order chi connectivity index (χ0) is 27.6. The minimum absolute atomic E-state index is 0.175. The number of nitrogens with zero attached hydrogens (tertiary/aromatic N) is 5. The van der Waals surface area contributed by atoms with Crippen LogP contribution in [0.1, 0.15) is 15.9 Å². The number of nitriles is 1. The molecule has 1 saturated heterocycles. The molecule has 4 aromatic rings. The molecule has 0 saturated carbocycles. The molecular weight excluding hydrogens is 575 g/mol. The van der Waals surface area contributed by atoms with Crippen molar-refractivity contribution in [2.24, 2.45) is 4.99 Å². The Hall–Kier alpha value is -3.61. The molecule has 2 aromatic carbocycles. The maximum atomic E-state index is 12.4. The number of thioether (sulfide) groups is 1. The molecule has 0 spiro atoms. The Morgan fingerprint density at radius 2 is 1.82 bits per heavy atom. The monoisotopic (exact) mass is 594 g/mol. The lowest BCUT2D eigenvalue weighted by Crippen LogP contribution is -2.23. The van der Waals surface area contributed by atoms with Crippen LogP contribution in [-0.2, 0) is 6.54 Å². The summed E-state index contributed by atoms with van der Waals surface area (Å²) in [5, 5.41) is 13.5. The second kappa shape index (κ2) is 14.0. The number of hydrogen-bond donors (Lipinski definition) is 1. The van der Waals surface area contributed by atoms with Gasteiger partial charge in [0, 0.05) is 47.5 Å². The van der Waals surface area contributed by atoms with E-state index < -0.39 is 0 Å². The molecule has 1 aliphatic rings. The highest BCUT2D eigenvalue weighted by Gasteiger charge is 2.19. The summed E-state index contributed by atoms with van der Waals surface area (Å²) in [7, 11) is 0. The van der Waals surface area contributed by atoms with Crippen molar-refractivity contribution in [2.75, 3.05) is 17.6 Å². The molecule has 5 rings (SSSR count). The van der Waals surface area contributed by atoms with Crippen LogP contribution in [0.4, 0.5) is 5.69 Å². The topological polar surface area (TPSA) is 94.3 Å². The van der Waals surface area contributed by atoms with E-state index in [9.17, 15) is 4.79 Å². The van der Waals surface area contributed by atoms with E-state index in [2.05, 4.69) is 25.2 Å². The van der Waals surface area contributed by atoms with Crippen LogP contribution in [0, 0.1) is 11.5 Å².